The molecule has 2 heterocycles. The van der Waals surface area contributed by atoms with Crippen molar-refractivity contribution in [1.29, 1.82) is 0 Å². The molecule has 1 amide bonds. The maximum absolute atomic E-state index is 12.6. The van der Waals surface area contributed by atoms with Crippen LogP contribution in [0.1, 0.15) is 44.1 Å². The topological polar surface area (TPSA) is 75.4 Å². The summed E-state index contributed by atoms with van der Waals surface area (Å²) in [7, 11) is 0. The quantitative estimate of drug-likeness (QED) is 0.920. The third-order valence-electron chi connectivity index (χ3n) is 4.98. The van der Waals surface area contributed by atoms with Gasteiger partial charge in [-0.15, -0.1) is 0 Å². The van der Waals surface area contributed by atoms with Crippen LogP contribution in [0.15, 0.2) is 12.4 Å². The Morgan fingerprint density at radius 1 is 1.36 bits per heavy atom. The summed E-state index contributed by atoms with van der Waals surface area (Å²) < 4.78 is 1.75. The second kappa shape index (κ2) is 6.10. The number of rotatable bonds is 4. The molecule has 1 saturated carbocycles. The highest BCUT2D eigenvalue weighted by Gasteiger charge is 2.47. The standard InChI is InChI=1S/C16H23N3O3/c1-11-9-17-18(10-11)7-6-15(20)19-13-5-3-2-4-12(13)8-14(19)16(21)22/h9-10,12-14H,2-8H2,1H3,(H,21,22)/t12-,13-,14-/m0/s1. The molecule has 120 valence electrons. The maximum atomic E-state index is 12.6. The van der Waals surface area contributed by atoms with Crippen LogP contribution in [0, 0.1) is 12.8 Å². The first-order valence-electron chi connectivity index (χ1n) is 8.09. The molecular weight excluding hydrogens is 282 g/mol. The molecule has 2 fully saturated rings. The number of aryl methyl sites for hydroxylation is 2. The van der Waals surface area contributed by atoms with Crippen molar-refractivity contribution in [2.75, 3.05) is 0 Å². The van der Waals surface area contributed by atoms with Crippen molar-refractivity contribution in [1.82, 2.24) is 14.7 Å². The highest BCUT2D eigenvalue weighted by atomic mass is 16.4. The van der Waals surface area contributed by atoms with E-state index in [-0.39, 0.29) is 11.9 Å². The molecule has 1 aliphatic carbocycles. The van der Waals surface area contributed by atoms with Gasteiger partial charge in [0.1, 0.15) is 6.04 Å². The molecule has 1 saturated heterocycles. The molecule has 6 nitrogen and oxygen atoms in total. The van der Waals surface area contributed by atoms with Gasteiger partial charge in [-0.25, -0.2) is 4.79 Å². The van der Waals surface area contributed by atoms with Gasteiger partial charge in [-0.2, -0.15) is 5.10 Å². The zero-order valence-corrected chi connectivity index (χ0v) is 12.9. The molecule has 6 heteroatoms. The Morgan fingerprint density at radius 3 is 2.82 bits per heavy atom. The molecule has 0 aromatic carbocycles. The number of fused-ring (bicyclic) bond motifs is 1. The van der Waals surface area contributed by atoms with Crippen molar-refractivity contribution in [2.45, 2.75) is 64.1 Å². The lowest BCUT2D eigenvalue weighted by atomic mass is 9.84. The number of aliphatic carboxylic acids is 1. The molecule has 0 unspecified atom stereocenters. The molecule has 1 aliphatic heterocycles. The number of hydrogen-bond acceptors (Lipinski definition) is 3. The third-order valence-corrected chi connectivity index (χ3v) is 4.98. The summed E-state index contributed by atoms with van der Waals surface area (Å²) >= 11 is 0. The van der Waals surface area contributed by atoms with E-state index in [2.05, 4.69) is 5.10 Å². The van der Waals surface area contributed by atoms with E-state index in [1.54, 1.807) is 15.8 Å². The van der Waals surface area contributed by atoms with Crippen LogP contribution in [0.25, 0.3) is 0 Å². The minimum atomic E-state index is -0.863. The number of carboxylic acid groups (broad SMARTS) is 1. The Hall–Kier alpha value is -1.85. The lowest BCUT2D eigenvalue weighted by Crippen LogP contribution is -2.46. The van der Waals surface area contributed by atoms with E-state index in [4.69, 9.17) is 0 Å². The summed E-state index contributed by atoms with van der Waals surface area (Å²) in [5.41, 5.74) is 1.06. The SMILES string of the molecule is Cc1cnn(CCC(=O)N2[C@H](C(=O)O)C[C@@H]3CCCC[C@@H]32)c1. The highest BCUT2D eigenvalue weighted by Crippen LogP contribution is 2.40. The lowest BCUT2D eigenvalue weighted by molar-refractivity contribution is -0.150. The molecule has 22 heavy (non-hydrogen) atoms. The molecule has 1 aromatic heterocycles. The van der Waals surface area contributed by atoms with Gasteiger partial charge in [0.2, 0.25) is 5.91 Å². The fraction of sp³-hybridized carbons (Fsp3) is 0.688. The zero-order valence-electron chi connectivity index (χ0n) is 12.9. The predicted molar refractivity (Wildman–Crippen MR) is 80.2 cm³/mol. The average molecular weight is 305 g/mol. The molecule has 3 atom stereocenters. The van der Waals surface area contributed by atoms with Gasteiger partial charge in [-0.1, -0.05) is 12.8 Å². The number of carbonyl (C=O) groups excluding carboxylic acids is 1. The normalized spacial score (nSPS) is 27.7. The van der Waals surface area contributed by atoms with Crippen molar-refractivity contribution >= 4 is 11.9 Å². The monoisotopic (exact) mass is 305 g/mol. The van der Waals surface area contributed by atoms with Crippen molar-refractivity contribution in [3.05, 3.63) is 18.0 Å². The lowest BCUT2D eigenvalue weighted by Gasteiger charge is -2.33. The van der Waals surface area contributed by atoms with Gasteiger partial charge in [0, 0.05) is 25.2 Å². The van der Waals surface area contributed by atoms with Gasteiger partial charge in [0.15, 0.2) is 0 Å². The number of amides is 1. The van der Waals surface area contributed by atoms with Gasteiger partial charge < -0.3 is 10.0 Å². The Labute approximate surface area is 130 Å². The van der Waals surface area contributed by atoms with E-state index >= 15 is 0 Å². The van der Waals surface area contributed by atoms with E-state index < -0.39 is 12.0 Å². The minimum absolute atomic E-state index is 0.0463. The van der Waals surface area contributed by atoms with Crippen LogP contribution < -0.4 is 0 Å². The Morgan fingerprint density at radius 2 is 2.14 bits per heavy atom. The molecule has 0 spiro atoms. The average Bonchev–Trinajstić information content (AvgIpc) is 3.08. The van der Waals surface area contributed by atoms with Crippen molar-refractivity contribution in [3.63, 3.8) is 0 Å². The van der Waals surface area contributed by atoms with Gasteiger partial charge in [0.25, 0.3) is 0 Å². The van der Waals surface area contributed by atoms with Crippen molar-refractivity contribution in [3.8, 4) is 0 Å². The van der Waals surface area contributed by atoms with Crippen LogP contribution in [0.4, 0.5) is 0 Å². The molecule has 3 rings (SSSR count). The number of likely N-dealkylation sites (tertiary alicyclic amines) is 1. The second-order valence-electron chi connectivity index (χ2n) is 6.53. The highest BCUT2D eigenvalue weighted by molar-refractivity contribution is 5.84. The number of hydrogen-bond donors (Lipinski definition) is 1. The number of carbonyl (C=O) groups is 2. The molecule has 0 radical (unpaired) electrons. The summed E-state index contributed by atoms with van der Waals surface area (Å²) in [5, 5.41) is 13.6. The summed E-state index contributed by atoms with van der Waals surface area (Å²) in [4.78, 5) is 25.8. The summed E-state index contributed by atoms with van der Waals surface area (Å²) in [6, 6.07) is -0.512. The molecule has 1 N–H and O–H groups in total. The van der Waals surface area contributed by atoms with Gasteiger partial charge >= 0.3 is 5.97 Å². The summed E-state index contributed by atoms with van der Waals surface area (Å²) in [5.74, 6) is -0.543. The predicted octanol–water partition coefficient (Wildman–Crippen LogP) is 1.83. The Kier molecular flexibility index (Phi) is 4.18. The van der Waals surface area contributed by atoms with Crippen LogP contribution in [0.3, 0.4) is 0 Å². The molecule has 2 aliphatic rings. The maximum Gasteiger partial charge on any atom is 0.326 e. The van der Waals surface area contributed by atoms with Crippen LogP contribution in [0.5, 0.6) is 0 Å². The van der Waals surface area contributed by atoms with E-state index in [0.717, 1.165) is 31.2 Å². The second-order valence-corrected chi connectivity index (χ2v) is 6.53. The van der Waals surface area contributed by atoms with Crippen LogP contribution in [-0.4, -0.2) is 43.7 Å². The van der Waals surface area contributed by atoms with Gasteiger partial charge in [-0.05, 0) is 37.7 Å². The molecule has 1 aromatic rings. The Bertz CT molecular complexity index is 569. The number of carboxylic acids is 1. The largest absolute Gasteiger partial charge is 0.480 e. The van der Waals surface area contributed by atoms with Crippen LogP contribution in [-0.2, 0) is 16.1 Å². The fourth-order valence-corrected chi connectivity index (χ4v) is 3.97. The smallest absolute Gasteiger partial charge is 0.326 e. The fourth-order valence-electron chi connectivity index (χ4n) is 3.97. The van der Waals surface area contributed by atoms with Gasteiger partial charge in [0.05, 0.1) is 6.20 Å². The van der Waals surface area contributed by atoms with E-state index in [0.29, 0.717) is 25.3 Å². The first kappa shape index (κ1) is 15.1. The van der Waals surface area contributed by atoms with Gasteiger partial charge in [-0.3, -0.25) is 9.48 Å². The minimum Gasteiger partial charge on any atom is -0.480 e. The first-order chi connectivity index (χ1) is 10.6. The zero-order chi connectivity index (χ0) is 15.7. The molecule has 0 bridgehead atoms. The van der Waals surface area contributed by atoms with E-state index in [1.165, 1.54) is 0 Å². The van der Waals surface area contributed by atoms with Crippen molar-refractivity contribution in [2.24, 2.45) is 5.92 Å². The molecular formula is C16H23N3O3. The van der Waals surface area contributed by atoms with Crippen molar-refractivity contribution < 1.29 is 14.7 Å². The first-order valence-corrected chi connectivity index (χ1v) is 8.09. The Balaban J connectivity index is 1.69. The van der Waals surface area contributed by atoms with E-state index in [1.807, 2.05) is 13.1 Å². The third kappa shape index (κ3) is 2.87. The summed E-state index contributed by atoms with van der Waals surface area (Å²) in [6.45, 7) is 2.46. The van der Waals surface area contributed by atoms with E-state index in [9.17, 15) is 14.7 Å². The van der Waals surface area contributed by atoms with Crippen LogP contribution >= 0.6 is 0 Å². The number of aromatic nitrogens is 2. The summed E-state index contributed by atoms with van der Waals surface area (Å²) in [6.07, 6.45) is 8.84. The number of nitrogens with zero attached hydrogens (tertiary/aromatic N) is 3. The van der Waals surface area contributed by atoms with Crippen LogP contribution in [0.2, 0.25) is 0 Å².